The Hall–Kier alpha value is -2.31. The molecule has 1 atom stereocenters. The van der Waals surface area contributed by atoms with Gasteiger partial charge in [-0.05, 0) is 30.5 Å². The number of hydrogen-bond donors (Lipinski definition) is 0. The SMILES string of the molecule is CC1(C)C(CC2CC3=C(C=C=CC(Cl)=N3)C2=O)C(C)(C)C1Oc1ccc(C#N)c(Cl)c1. The highest BCUT2D eigenvalue weighted by Crippen LogP contribution is 2.63. The van der Waals surface area contributed by atoms with Crippen LogP contribution < -0.4 is 4.74 Å². The Morgan fingerprint density at radius 1 is 1.23 bits per heavy atom. The van der Waals surface area contributed by atoms with Crippen LogP contribution in [0.4, 0.5) is 0 Å². The number of benzene rings is 1. The third kappa shape index (κ3) is 3.66. The monoisotopic (exact) mass is 454 g/mol. The van der Waals surface area contributed by atoms with E-state index in [1.54, 1.807) is 30.4 Å². The number of hydrogen-bond acceptors (Lipinski definition) is 4. The Kier molecular flexibility index (Phi) is 5.42. The van der Waals surface area contributed by atoms with Crippen LogP contribution in [0.3, 0.4) is 0 Å². The maximum absolute atomic E-state index is 13.0. The highest BCUT2D eigenvalue weighted by Gasteiger charge is 2.63. The van der Waals surface area contributed by atoms with Gasteiger partial charge in [0.2, 0.25) is 0 Å². The normalized spacial score (nSPS) is 27.8. The molecule has 0 spiro atoms. The average molecular weight is 455 g/mol. The molecule has 0 amide bonds. The van der Waals surface area contributed by atoms with Crippen LogP contribution in [0.5, 0.6) is 5.75 Å². The van der Waals surface area contributed by atoms with E-state index in [4.69, 9.17) is 33.2 Å². The molecule has 1 aromatic rings. The molecule has 31 heavy (non-hydrogen) atoms. The van der Waals surface area contributed by atoms with Gasteiger partial charge in [-0.1, -0.05) is 50.9 Å². The number of ketones is 1. The largest absolute Gasteiger partial charge is 0.489 e. The first kappa shape index (κ1) is 21.9. The standard InChI is InChI=1S/C25H24Cl2N2O2/c1-24(2)20(11-15-10-19-17(22(15)30)6-5-7-21(27)29-19)25(3,4)23(24)31-16-9-8-14(13-28)18(26)12-16/h6-9,12,15,20,23H,10-11H2,1-4H3. The Balaban J connectivity index is 1.50. The number of carbonyl (C=O) groups excluding carboxylic acids is 1. The van der Waals surface area contributed by atoms with Crippen LogP contribution in [0, 0.1) is 34.0 Å². The minimum absolute atomic E-state index is 0.0495. The Morgan fingerprint density at radius 2 is 1.94 bits per heavy atom. The molecule has 4 rings (SSSR count). The van der Waals surface area contributed by atoms with Crippen molar-refractivity contribution < 1.29 is 9.53 Å². The zero-order valence-corrected chi connectivity index (χ0v) is 19.5. The van der Waals surface area contributed by atoms with Gasteiger partial charge in [-0.15, -0.1) is 5.73 Å². The number of rotatable bonds is 4. The summed E-state index contributed by atoms with van der Waals surface area (Å²) in [7, 11) is 0. The number of nitrogens with zero attached hydrogens (tertiary/aromatic N) is 2. The minimum atomic E-state index is -0.138. The van der Waals surface area contributed by atoms with Gasteiger partial charge < -0.3 is 4.74 Å². The number of nitriles is 1. The smallest absolute Gasteiger partial charge is 0.168 e. The highest BCUT2D eigenvalue weighted by atomic mass is 35.5. The summed E-state index contributed by atoms with van der Waals surface area (Å²) in [6, 6.07) is 7.23. The first-order valence-corrected chi connectivity index (χ1v) is 11.1. The Labute approximate surface area is 192 Å². The Bertz CT molecular complexity index is 1110. The number of allylic oxidation sites excluding steroid dienone is 3. The highest BCUT2D eigenvalue weighted by molar-refractivity contribution is 6.68. The van der Waals surface area contributed by atoms with Crippen LogP contribution in [-0.2, 0) is 4.79 Å². The molecule has 0 bridgehead atoms. The van der Waals surface area contributed by atoms with E-state index < -0.39 is 0 Å². The van der Waals surface area contributed by atoms with Crippen molar-refractivity contribution in [3.63, 3.8) is 0 Å². The van der Waals surface area contributed by atoms with E-state index in [2.05, 4.69) is 44.5 Å². The van der Waals surface area contributed by atoms with Crippen molar-refractivity contribution in [2.24, 2.45) is 27.7 Å². The molecule has 6 heteroatoms. The molecule has 4 nitrogen and oxygen atoms in total. The lowest BCUT2D eigenvalue weighted by Crippen LogP contribution is -2.66. The van der Waals surface area contributed by atoms with Crippen molar-refractivity contribution in [2.75, 3.05) is 0 Å². The quantitative estimate of drug-likeness (QED) is 0.505. The summed E-state index contributed by atoms with van der Waals surface area (Å²) >= 11 is 12.2. The second-order valence-corrected chi connectivity index (χ2v) is 10.5. The number of carbonyl (C=O) groups is 1. The predicted molar refractivity (Wildman–Crippen MR) is 122 cm³/mol. The minimum Gasteiger partial charge on any atom is -0.489 e. The molecule has 1 saturated carbocycles. The summed E-state index contributed by atoms with van der Waals surface area (Å²) in [6.45, 7) is 8.76. The molecule has 3 aliphatic rings. The molecule has 2 aliphatic carbocycles. The summed E-state index contributed by atoms with van der Waals surface area (Å²) in [6.07, 6.45) is 4.61. The molecular formula is C25H24Cl2N2O2. The molecule has 1 fully saturated rings. The number of halogens is 2. The van der Waals surface area contributed by atoms with Crippen molar-refractivity contribution in [3.05, 3.63) is 57.9 Å². The first-order chi connectivity index (χ1) is 14.6. The molecule has 0 aromatic heterocycles. The fraction of sp³-hybridized carbons (Fsp3) is 0.440. The lowest BCUT2D eigenvalue weighted by Gasteiger charge is -2.64. The molecule has 1 aromatic carbocycles. The first-order valence-electron chi connectivity index (χ1n) is 10.4. The van der Waals surface area contributed by atoms with Crippen LogP contribution in [0.25, 0.3) is 0 Å². The summed E-state index contributed by atoms with van der Waals surface area (Å²) in [5.41, 5.74) is 4.48. The molecule has 0 saturated heterocycles. The van der Waals surface area contributed by atoms with Gasteiger partial charge in [0.05, 0.1) is 16.3 Å². The van der Waals surface area contributed by atoms with Crippen LogP contribution in [0.15, 0.2) is 52.3 Å². The summed E-state index contributed by atoms with van der Waals surface area (Å²) < 4.78 is 6.36. The maximum atomic E-state index is 13.0. The van der Waals surface area contributed by atoms with Crippen LogP contribution in [0.1, 0.15) is 46.1 Å². The third-order valence-corrected chi connectivity index (χ3v) is 7.55. The summed E-state index contributed by atoms with van der Waals surface area (Å²) in [5, 5.41) is 9.83. The zero-order chi connectivity index (χ0) is 22.6. The van der Waals surface area contributed by atoms with Gasteiger partial charge in [-0.25, -0.2) is 4.99 Å². The van der Waals surface area contributed by atoms with E-state index in [1.807, 2.05) is 0 Å². The number of Topliss-reactive ketones (excluding diaryl/α,β-unsaturated/α-hetero) is 1. The van der Waals surface area contributed by atoms with E-state index in [-0.39, 0.29) is 34.6 Å². The van der Waals surface area contributed by atoms with Crippen molar-refractivity contribution in [1.82, 2.24) is 0 Å². The van der Waals surface area contributed by atoms with Crippen molar-refractivity contribution >= 4 is 34.2 Å². The van der Waals surface area contributed by atoms with E-state index >= 15 is 0 Å². The molecule has 1 unspecified atom stereocenters. The molecule has 1 heterocycles. The van der Waals surface area contributed by atoms with Gasteiger partial charge in [0.25, 0.3) is 0 Å². The van der Waals surface area contributed by atoms with Crippen molar-refractivity contribution in [3.8, 4) is 11.8 Å². The van der Waals surface area contributed by atoms with E-state index in [0.717, 1.165) is 12.1 Å². The average Bonchev–Trinajstić information content (AvgIpc) is 2.86. The fourth-order valence-electron chi connectivity index (χ4n) is 5.78. The van der Waals surface area contributed by atoms with Crippen molar-refractivity contribution in [2.45, 2.75) is 46.6 Å². The Morgan fingerprint density at radius 3 is 2.58 bits per heavy atom. The van der Waals surface area contributed by atoms with E-state index in [1.165, 1.54) is 0 Å². The van der Waals surface area contributed by atoms with Crippen LogP contribution in [0.2, 0.25) is 5.02 Å². The second kappa shape index (κ2) is 7.68. The van der Waals surface area contributed by atoms with E-state index in [9.17, 15) is 4.79 Å². The van der Waals surface area contributed by atoms with Gasteiger partial charge in [-0.2, -0.15) is 5.26 Å². The molecular weight excluding hydrogens is 431 g/mol. The topological polar surface area (TPSA) is 62.4 Å². The van der Waals surface area contributed by atoms with Gasteiger partial charge in [0, 0.05) is 40.9 Å². The number of ether oxygens (including phenoxy) is 1. The third-order valence-electron chi connectivity index (χ3n) is 7.04. The van der Waals surface area contributed by atoms with Crippen molar-refractivity contribution in [1.29, 1.82) is 5.26 Å². The molecule has 0 N–H and O–H groups in total. The van der Waals surface area contributed by atoms with Crippen LogP contribution in [-0.4, -0.2) is 17.1 Å². The fourth-order valence-corrected chi connectivity index (χ4v) is 6.16. The summed E-state index contributed by atoms with van der Waals surface area (Å²) in [4.78, 5) is 17.4. The van der Waals surface area contributed by atoms with Crippen LogP contribution >= 0.6 is 23.2 Å². The van der Waals surface area contributed by atoms with Gasteiger partial charge in [-0.3, -0.25) is 4.79 Å². The molecule has 0 radical (unpaired) electrons. The zero-order valence-electron chi connectivity index (χ0n) is 18.0. The predicted octanol–water partition coefficient (Wildman–Crippen LogP) is 6.24. The van der Waals surface area contributed by atoms with Gasteiger partial charge in [0.15, 0.2) is 5.78 Å². The number of aliphatic imine (C=N–C) groups is 1. The lowest BCUT2D eigenvalue weighted by atomic mass is 9.44. The summed E-state index contributed by atoms with van der Waals surface area (Å²) in [5.74, 6) is 0.958. The molecule has 1 aliphatic heterocycles. The van der Waals surface area contributed by atoms with E-state index in [0.29, 0.717) is 33.5 Å². The maximum Gasteiger partial charge on any atom is 0.168 e. The molecule has 160 valence electrons. The van der Waals surface area contributed by atoms with Gasteiger partial charge in [0.1, 0.15) is 23.1 Å². The van der Waals surface area contributed by atoms with Gasteiger partial charge >= 0.3 is 0 Å². The lowest BCUT2D eigenvalue weighted by molar-refractivity contribution is -0.204. The second-order valence-electron chi connectivity index (χ2n) is 9.70.